The molecule has 0 aliphatic rings. The summed E-state index contributed by atoms with van der Waals surface area (Å²) in [5.41, 5.74) is -1.06. The molecule has 0 bridgehead atoms. The Kier molecular flexibility index (Phi) is 4.35. The van der Waals surface area contributed by atoms with E-state index in [-0.39, 0.29) is 57.1 Å². The molecule has 0 radical (unpaired) electrons. The van der Waals surface area contributed by atoms with Crippen LogP contribution < -0.4 is 57.0 Å². The number of nitrogens with zero attached hydrogens (tertiary/aromatic N) is 1. The molecule has 56 valence electrons. The Labute approximate surface area is 104 Å². The van der Waals surface area contributed by atoms with Gasteiger partial charge < -0.3 is 17.4 Å². The van der Waals surface area contributed by atoms with Crippen LogP contribution in [0.3, 0.4) is 0 Å². The van der Waals surface area contributed by atoms with Crippen molar-refractivity contribution < 1.29 is 68.7 Å². The summed E-state index contributed by atoms with van der Waals surface area (Å²) in [5.74, 6) is 0. The van der Waals surface area contributed by atoms with E-state index >= 15 is 0 Å². The average Bonchev–Trinajstić information content (AvgIpc) is 2.11. The van der Waals surface area contributed by atoms with Gasteiger partial charge in [-0.1, -0.05) is 0 Å². The molecule has 0 spiro atoms. The maximum absolute atomic E-state index is 11.8. The van der Waals surface area contributed by atoms with Crippen molar-refractivity contribution in [3.05, 3.63) is 12.1 Å². The van der Waals surface area contributed by atoms with Crippen LogP contribution in [0.2, 0.25) is 0 Å². The van der Waals surface area contributed by atoms with E-state index in [0.29, 0.717) is 0 Å². The van der Waals surface area contributed by atoms with Crippen LogP contribution in [0.15, 0.2) is 10.8 Å². The second kappa shape index (κ2) is 4.09. The Balaban J connectivity index is 0.000001000. The molecule has 1 heterocycles. The van der Waals surface area contributed by atoms with Gasteiger partial charge in [0.15, 0.2) is 6.39 Å². The van der Waals surface area contributed by atoms with Crippen LogP contribution in [-0.2, 0) is 0 Å². The van der Waals surface area contributed by atoms with E-state index in [9.17, 15) is 12.9 Å². The molecule has 0 aliphatic heterocycles. The number of aromatic nitrogens is 1. The van der Waals surface area contributed by atoms with Crippen LogP contribution in [-0.4, -0.2) is 12.0 Å². The first kappa shape index (κ1) is 11.7. The summed E-state index contributed by atoms with van der Waals surface area (Å²) in [6, 6.07) is 0. The summed E-state index contributed by atoms with van der Waals surface area (Å²) in [4.78, 5) is 3.31. The third kappa shape index (κ3) is 2.90. The van der Waals surface area contributed by atoms with E-state index in [1.54, 1.807) is 0 Å². The summed E-state index contributed by atoms with van der Waals surface area (Å²) < 4.78 is 39.6. The Morgan fingerprint density at radius 1 is 1.45 bits per heavy atom. The van der Waals surface area contributed by atoms with Crippen LogP contribution in [0, 0.1) is 6.92 Å². The minimum Gasteiger partial charge on any atom is -0.480 e. The number of hydrogen-bond donors (Lipinski definition) is 0. The molecule has 2 nitrogen and oxygen atoms in total. The Hall–Kier alpha value is 0.701. The zero-order valence-corrected chi connectivity index (χ0v) is 9.27. The van der Waals surface area contributed by atoms with Gasteiger partial charge in [-0.25, -0.2) is 4.98 Å². The summed E-state index contributed by atoms with van der Waals surface area (Å²) in [6.07, 6.45) is 0.792. The molecule has 1 aromatic rings. The first-order valence-electron chi connectivity index (χ1n) is 2.61. The van der Waals surface area contributed by atoms with Gasteiger partial charge >= 0.3 is 58.4 Å². The largest absolute Gasteiger partial charge is 1.00 e. The predicted octanol–water partition coefficient (Wildman–Crippen LogP) is -1.96. The normalized spacial score (nSPS) is 10.9. The molecular formula is C4H4BF3KNO. The molecule has 0 N–H and O–H groups in total. The molecule has 0 unspecified atom stereocenters. The molecular weight excluding hydrogens is 185 g/mol. The Morgan fingerprint density at radius 2 is 2.00 bits per heavy atom. The summed E-state index contributed by atoms with van der Waals surface area (Å²) >= 11 is 0. The molecule has 0 atom stereocenters. The number of halogens is 3. The van der Waals surface area contributed by atoms with Crippen LogP contribution >= 0.6 is 0 Å². The molecule has 11 heavy (non-hydrogen) atoms. The van der Waals surface area contributed by atoms with Crippen LogP contribution in [0.5, 0.6) is 0 Å². The van der Waals surface area contributed by atoms with Crippen molar-refractivity contribution in [1.29, 1.82) is 0 Å². The quantitative estimate of drug-likeness (QED) is 0.479. The number of aryl methyl sites for hydroxylation is 1. The van der Waals surface area contributed by atoms with Crippen molar-refractivity contribution in [3.8, 4) is 0 Å². The monoisotopic (exact) mass is 189 g/mol. The van der Waals surface area contributed by atoms with E-state index in [2.05, 4.69) is 9.40 Å². The van der Waals surface area contributed by atoms with Crippen molar-refractivity contribution in [3.63, 3.8) is 0 Å². The molecule has 0 saturated heterocycles. The smallest absolute Gasteiger partial charge is 0.480 e. The van der Waals surface area contributed by atoms with Crippen LogP contribution in [0.25, 0.3) is 0 Å². The van der Waals surface area contributed by atoms with Crippen molar-refractivity contribution in [2.45, 2.75) is 6.92 Å². The van der Waals surface area contributed by atoms with E-state index in [1.807, 2.05) is 0 Å². The van der Waals surface area contributed by atoms with Crippen LogP contribution in [0.4, 0.5) is 12.9 Å². The van der Waals surface area contributed by atoms with Crippen molar-refractivity contribution in [2.24, 2.45) is 0 Å². The molecule has 0 amide bonds. The van der Waals surface area contributed by atoms with Crippen molar-refractivity contribution in [1.82, 2.24) is 4.98 Å². The van der Waals surface area contributed by atoms with E-state index in [0.717, 1.165) is 6.39 Å². The van der Waals surface area contributed by atoms with Gasteiger partial charge in [0.1, 0.15) is 0 Å². The van der Waals surface area contributed by atoms with Gasteiger partial charge in [-0.3, -0.25) is 0 Å². The fourth-order valence-corrected chi connectivity index (χ4v) is 0.625. The van der Waals surface area contributed by atoms with Crippen molar-refractivity contribution in [2.75, 3.05) is 0 Å². The van der Waals surface area contributed by atoms with Gasteiger partial charge in [-0.15, -0.1) is 0 Å². The van der Waals surface area contributed by atoms with Gasteiger partial charge in [-0.05, 0) is 6.92 Å². The zero-order valence-electron chi connectivity index (χ0n) is 6.14. The molecule has 0 fully saturated rings. The first-order chi connectivity index (χ1) is 4.52. The number of rotatable bonds is 1. The standard InChI is InChI=1S/C4H4BF3NO.K/c1-3-4(5(6,7)8)10-2-9-3;/h2H,1H3;/q-1;+1. The Morgan fingerprint density at radius 3 is 2.18 bits per heavy atom. The molecule has 7 heteroatoms. The summed E-state index contributed by atoms with van der Waals surface area (Å²) in [6.45, 7) is -3.76. The summed E-state index contributed by atoms with van der Waals surface area (Å²) in [7, 11) is 0. The average molecular weight is 189 g/mol. The maximum Gasteiger partial charge on any atom is 1.00 e. The third-order valence-corrected chi connectivity index (χ3v) is 1.08. The fourth-order valence-electron chi connectivity index (χ4n) is 0.625. The van der Waals surface area contributed by atoms with Gasteiger partial charge in [-0.2, -0.15) is 0 Å². The first-order valence-corrected chi connectivity index (χ1v) is 2.61. The topological polar surface area (TPSA) is 26.0 Å². The van der Waals surface area contributed by atoms with Gasteiger partial charge in [0.05, 0.1) is 5.66 Å². The number of oxazole rings is 1. The predicted molar refractivity (Wildman–Crippen MR) is 30.0 cm³/mol. The second-order valence-electron chi connectivity index (χ2n) is 1.88. The van der Waals surface area contributed by atoms with Crippen molar-refractivity contribution >= 4 is 12.6 Å². The maximum atomic E-state index is 11.8. The minimum absolute atomic E-state index is 0. The Bertz CT molecular complexity index is 235. The van der Waals surface area contributed by atoms with E-state index in [4.69, 9.17) is 0 Å². The number of hydrogen-bond acceptors (Lipinski definition) is 2. The van der Waals surface area contributed by atoms with Crippen LogP contribution in [0.1, 0.15) is 5.69 Å². The molecule has 1 aromatic heterocycles. The third-order valence-electron chi connectivity index (χ3n) is 1.08. The molecule has 0 aliphatic carbocycles. The molecule has 1 rings (SSSR count). The zero-order chi connectivity index (χ0) is 7.78. The van der Waals surface area contributed by atoms with Gasteiger partial charge in [0.2, 0.25) is 0 Å². The second-order valence-corrected chi connectivity index (χ2v) is 1.88. The molecule has 0 saturated carbocycles. The van der Waals surface area contributed by atoms with E-state index in [1.165, 1.54) is 6.92 Å². The van der Waals surface area contributed by atoms with Gasteiger partial charge in [0.25, 0.3) is 0 Å². The SMILES string of the molecule is Cc1ncoc1[B-](F)(F)F.[K+]. The van der Waals surface area contributed by atoms with Gasteiger partial charge in [0, 0.05) is 5.69 Å². The minimum atomic E-state index is -5.02. The fraction of sp³-hybridized carbons (Fsp3) is 0.250. The van der Waals surface area contributed by atoms with E-state index < -0.39 is 12.6 Å². The summed E-state index contributed by atoms with van der Waals surface area (Å²) in [5, 5.41) is 0. The molecule has 0 aromatic carbocycles.